The standard InChI is InChI=1S/C36H39N3O12S2/c1-24-9-13-27(14-10-24)53(47,48)38(20-6-4-5-8-34(42)51-39-32(40)17-18-33(39)41)36(43)35-28-22-25(49-2)11-15-30(28)37(19-7-21-52(44,45)46)31-16-12-26(50-3)23-29(31)35/h9-16,22-23H,4-8,17-21H2,1-3H3. The van der Waals surface area contributed by atoms with Crippen molar-refractivity contribution in [2.45, 2.75) is 63.3 Å². The predicted molar refractivity (Wildman–Crippen MR) is 189 cm³/mol. The maximum atomic E-state index is 14.9. The number of carbonyl (C=O) groups is 4. The summed E-state index contributed by atoms with van der Waals surface area (Å²) in [6.45, 7) is 1.60. The molecule has 0 bridgehead atoms. The number of aromatic nitrogens is 1. The Morgan fingerprint density at radius 3 is 1.91 bits per heavy atom. The third kappa shape index (κ3) is 8.92. The van der Waals surface area contributed by atoms with Crippen LogP contribution in [0.3, 0.4) is 0 Å². The molecule has 0 spiro atoms. The fourth-order valence-electron chi connectivity index (χ4n) is 6.10. The summed E-state index contributed by atoms with van der Waals surface area (Å²) in [5.41, 5.74) is 1.73. The van der Waals surface area contributed by atoms with Crippen molar-refractivity contribution < 1.29 is 59.4 Å². The number of unbranched alkanes of at least 4 members (excludes halogenated alkanes) is 2. The number of benzene rings is 3. The minimum absolute atomic E-state index is 0.0136. The van der Waals surface area contributed by atoms with Crippen molar-refractivity contribution in [1.29, 1.82) is 0 Å². The Hall–Kier alpha value is -5.13. The van der Waals surface area contributed by atoms with Crippen LogP contribution in [0.15, 0.2) is 65.6 Å². The lowest BCUT2D eigenvalue weighted by Crippen LogP contribution is -2.40. The lowest BCUT2D eigenvalue weighted by molar-refractivity contribution is -0.645. The van der Waals surface area contributed by atoms with E-state index in [-0.39, 0.29) is 68.5 Å². The molecule has 0 N–H and O–H groups in total. The van der Waals surface area contributed by atoms with Crippen LogP contribution in [-0.2, 0) is 45.9 Å². The number of carbonyl (C=O) groups excluding carboxylic acids is 4. The lowest BCUT2D eigenvalue weighted by Gasteiger charge is -2.24. The van der Waals surface area contributed by atoms with E-state index in [1.165, 1.54) is 26.4 Å². The molecule has 53 heavy (non-hydrogen) atoms. The maximum absolute atomic E-state index is 14.9. The van der Waals surface area contributed by atoms with Crippen LogP contribution in [0.4, 0.5) is 0 Å². The molecule has 17 heteroatoms. The molecule has 1 aliphatic heterocycles. The molecular formula is C36H39N3O12S2. The van der Waals surface area contributed by atoms with Crippen LogP contribution in [0.1, 0.15) is 60.9 Å². The highest BCUT2D eigenvalue weighted by atomic mass is 32.2. The number of ether oxygens (including phenoxy) is 2. The summed E-state index contributed by atoms with van der Waals surface area (Å²) in [6.07, 6.45) is 0.377. The third-order valence-electron chi connectivity index (χ3n) is 8.79. The number of nitrogens with zero attached hydrogens (tertiary/aromatic N) is 3. The smallest absolute Gasteiger partial charge is 0.333 e. The minimum Gasteiger partial charge on any atom is -0.748 e. The summed E-state index contributed by atoms with van der Waals surface area (Å²) in [5, 5.41) is 1.07. The van der Waals surface area contributed by atoms with E-state index in [4.69, 9.17) is 14.3 Å². The molecule has 5 rings (SSSR count). The van der Waals surface area contributed by atoms with E-state index in [1.807, 2.05) is 0 Å². The van der Waals surface area contributed by atoms with E-state index in [9.17, 15) is 40.6 Å². The van der Waals surface area contributed by atoms with Crippen molar-refractivity contribution in [3.8, 4) is 11.5 Å². The van der Waals surface area contributed by atoms with Crippen LogP contribution in [0.2, 0.25) is 0 Å². The second-order valence-corrected chi connectivity index (χ2v) is 15.8. The number of aryl methyl sites for hydroxylation is 2. The van der Waals surface area contributed by atoms with Gasteiger partial charge in [0, 0.05) is 50.1 Å². The van der Waals surface area contributed by atoms with E-state index < -0.39 is 49.6 Å². The molecule has 1 aromatic heterocycles. The molecule has 1 saturated heterocycles. The Kier molecular flexibility index (Phi) is 12.0. The number of hydrogen-bond donors (Lipinski definition) is 0. The van der Waals surface area contributed by atoms with Gasteiger partial charge in [-0.15, -0.1) is 5.06 Å². The van der Waals surface area contributed by atoms with E-state index in [2.05, 4.69) is 0 Å². The zero-order valence-electron chi connectivity index (χ0n) is 29.4. The van der Waals surface area contributed by atoms with Crippen molar-refractivity contribution >= 4 is 65.6 Å². The second kappa shape index (κ2) is 16.3. The summed E-state index contributed by atoms with van der Waals surface area (Å²) < 4.78 is 76.5. The van der Waals surface area contributed by atoms with E-state index in [0.717, 1.165) is 9.87 Å². The topological polar surface area (TPSA) is 198 Å². The van der Waals surface area contributed by atoms with Gasteiger partial charge in [-0.25, -0.2) is 25.9 Å². The van der Waals surface area contributed by atoms with E-state index >= 15 is 0 Å². The van der Waals surface area contributed by atoms with Gasteiger partial charge in [-0.2, -0.15) is 4.57 Å². The van der Waals surface area contributed by atoms with Crippen LogP contribution in [0, 0.1) is 6.92 Å². The van der Waals surface area contributed by atoms with Crippen molar-refractivity contribution in [3.63, 3.8) is 0 Å². The Morgan fingerprint density at radius 1 is 0.811 bits per heavy atom. The summed E-state index contributed by atoms with van der Waals surface area (Å²) in [6, 6.07) is 15.8. The summed E-state index contributed by atoms with van der Waals surface area (Å²) >= 11 is 0. The highest BCUT2D eigenvalue weighted by molar-refractivity contribution is 7.89. The van der Waals surface area contributed by atoms with Crippen molar-refractivity contribution in [2.75, 3.05) is 26.5 Å². The Morgan fingerprint density at radius 2 is 1.38 bits per heavy atom. The van der Waals surface area contributed by atoms with Gasteiger partial charge >= 0.3 is 5.97 Å². The monoisotopic (exact) mass is 769 g/mol. The summed E-state index contributed by atoms with van der Waals surface area (Å²) in [5.74, 6) is -2.75. The number of pyridine rings is 1. The molecule has 0 radical (unpaired) electrons. The van der Waals surface area contributed by atoms with Crippen molar-refractivity contribution in [1.82, 2.24) is 9.37 Å². The van der Waals surface area contributed by atoms with Gasteiger partial charge in [0.2, 0.25) is 11.0 Å². The average molecular weight is 770 g/mol. The first-order chi connectivity index (χ1) is 25.1. The van der Waals surface area contributed by atoms with Crippen molar-refractivity contribution in [2.24, 2.45) is 0 Å². The van der Waals surface area contributed by atoms with Gasteiger partial charge in [0.15, 0.2) is 6.54 Å². The highest BCUT2D eigenvalue weighted by Gasteiger charge is 2.35. The van der Waals surface area contributed by atoms with Crippen LogP contribution in [0.5, 0.6) is 11.5 Å². The Bertz CT molecular complexity index is 2210. The molecular weight excluding hydrogens is 731 g/mol. The predicted octanol–water partition coefficient (Wildman–Crippen LogP) is 3.54. The van der Waals surface area contributed by atoms with Gasteiger partial charge in [0.25, 0.3) is 27.7 Å². The first-order valence-electron chi connectivity index (χ1n) is 16.8. The lowest BCUT2D eigenvalue weighted by atomic mass is 10.00. The first kappa shape index (κ1) is 39.1. The second-order valence-electron chi connectivity index (χ2n) is 12.5. The molecule has 1 fully saturated rings. The molecule has 15 nitrogen and oxygen atoms in total. The largest absolute Gasteiger partial charge is 0.748 e. The molecule has 282 valence electrons. The fourth-order valence-corrected chi connectivity index (χ4v) is 8.00. The Balaban J connectivity index is 1.55. The number of hydroxylamine groups is 2. The van der Waals surface area contributed by atoms with Gasteiger partial charge in [0.1, 0.15) is 11.5 Å². The van der Waals surface area contributed by atoms with Gasteiger partial charge in [-0.1, -0.05) is 24.1 Å². The minimum atomic E-state index is -4.51. The molecule has 2 heterocycles. The highest BCUT2D eigenvalue weighted by Crippen LogP contribution is 2.33. The van der Waals surface area contributed by atoms with E-state index in [0.29, 0.717) is 38.4 Å². The van der Waals surface area contributed by atoms with Crippen LogP contribution >= 0.6 is 0 Å². The first-order valence-corrected chi connectivity index (χ1v) is 19.8. The molecule has 0 saturated carbocycles. The Labute approximate surface area is 306 Å². The van der Waals surface area contributed by atoms with Crippen LogP contribution < -0.4 is 14.0 Å². The average Bonchev–Trinajstić information content (AvgIpc) is 3.43. The SMILES string of the molecule is COc1ccc2c(c1)c(C(=O)N(CCCCCC(=O)ON1C(=O)CCC1=O)S(=O)(=O)c1ccc(C)cc1)c1cc(OC)ccc1[n+]2CCCS(=O)(=O)[O-]. The quantitative estimate of drug-likeness (QED) is 0.0529. The maximum Gasteiger partial charge on any atom is 0.333 e. The number of methoxy groups -OCH3 is 2. The van der Waals surface area contributed by atoms with Crippen LogP contribution in [0.25, 0.3) is 21.8 Å². The van der Waals surface area contributed by atoms with E-state index in [1.54, 1.807) is 60.0 Å². The molecule has 0 aliphatic carbocycles. The van der Waals surface area contributed by atoms with Gasteiger partial charge in [-0.3, -0.25) is 14.4 Å². The molecule has 0 unspecified atom stereocenters. The van der Waals surface area contributed by atoms with Gasteiger partial charge < -0.3 is 18.9 Å². The number of fused-ring (bicyclic) bond motifs is 2. The number of hydrogen-bond acceptors (Lipinski definition) is 12. The molecule has 0 atom stereocenters. The number of rotatable bonds is 16. The molecule has 4 aromatic rings. The zero-order chi connectivity index (χ0) is 38.5. The van der Waals surface area contributed by atoms with Gasteiger partial charge in [-0.05, 0) is 56.2 Å². The third-order valence-corrected chi connectivity index (χ3v) is 11.4. The number of imide groups is 1. The summed E-state index contributed by atoms with van der Waals surface area (Å²) in [7, 11) is -6.11. The summed E-state index contributed by atoms with van der Waals surface area (Å²) in [4.78, 5) is 55.7. The molecule has 3 aromatic carbocycles. The molecule has 3 amide bonds. The van der Waals surface area contributed by atoms with Gasteiger partial charge in [0.05, 0.1) is 45.6 Å². The molecule has 1 aliphatic rings. The number of sulfonamides is 1. The zero-order valence-corrected chi connectivity index (χ0v) is 31.0. The van der Waals surface area contributed by atoms with Crippen molar-refractivity contribution in [3.05, 3.63) is 71.8 Å². The fraction of sp³-hybridized carbons (Fsp3) is 0.361. The normalized spacial score (nSPS) is 13.5. The number of amides is 3. The van der Waals surface area contributed by atoms with Crippen LogP contribution in [-0.4, -0.2) is 81.0 Å².